The Balaban J connectivity index is 1.31. The molecule has 0 aliphatic carbocycles. The van der Waals surface area contributed by atoms with Gasteiger partial charge >= 0.3 is 0 Å². The first-order valence-corrected chi connectivity index (χ1v) is 13.0. The molecule has 2 heterocycles. The molecule has 0 atom stereocenters. The average molecular weight is 486 g/mol. The molecule has 1 saturated heterocycles. The quantitative estimate of drug-likeness (QED) is 0.577. The predicted octanol–water partition coefficient (Wildman–Crippen LogP) is 3.08. The number of hydrogen-bond donors (Lipinski definition) is 1. The van der Waals surface area contributed by atoms with E-state index in [0.717, 1.165) is 27.3 Å². The van der Waals surface area contributed by atoms with Crippen molar-refractivity contribution in [3.05, 3.63) is 59.2 Å². The third-order valence-electron chi connectivity index (χ3n) is 5.86. The van der Waals surface area contributed by atoms with Crippen molar-refractivity contribution in [2.75, 3.05) is 38.0 Å². The number of anilines is 1. The van der Waals surface area contributed by atoms with Gasteiger partial charge in [0.1, 0.15) is 5.01 Å². The normalized spacial score (nSPS) is 15.5. The molecule has 0 radical (unpaired) electrons. The molecule has 1 amide bonds. The largest absolute Gasteiger partial charge is 0.299 e. The molecule has 3 aromatic rings. The number of sulfonamides is 1. The highest BCUT2D eigenvalue weighted by Crippen LogP contribution is 2.28. The number of carbonyl (C=O) groups is 1. The summed E-state index contributed by atoms with van der Waals surface area (Å²) in [5.74, 6) is -0.187. The molecule has 1 fully saturated rings. The highest BCUT2D eigenvalue weighted by Gasteiger charge is 2.29. The molecule has 4 rings (SSSR count). The zero-order valence-corrected chi connectivity index (χ0v) is 20.5. The van der Waals surface area contributed by atoms with Crippen LogP contribution in [0.1, 0.15) is 16.7 Å². The van der Waals surface area contributed by atoms with Crippen LogP contribution >= 0.6 is 11.3 Å². The van der Waals surface area contributed by atoms with Crippen LogP contribution in [0.15, 0.2) is 47.4 Å². The molecule has 0 spiro atoms. The number of benzene rings is 2. The summed E-state index contributed by atoms with van der Waals surface area (Å²) in [6, 6.07) is 13.1. The summed E-state index contributed by atoms with van der Waals surface area (Å²) in [5.41, 5.74) is 4.11. The minimum Gasteiger partial charge on any atom is -0.299 e. The second kappa shape index (κ2) is 9.68. The van der Waals surface area contributed by atoms with Gasteiger partial charge in [0.25, 0.3) is 0 Å². The number of piperazine rings is 1. The standard InChI is InChI=1S/C23H27N5O3S2/c1-16-8-9-19(14-18(16)3)33(30,31)28-12-10-27(11-13-28)15-21(29)24-23-26-25-22(32-23)20-7-5-4-6-17(20)2/h4-9,14H,10-13,15H2,1-3H3,(H,24,26,29). The molecule has 1 N–H and O–H groups in total. The van der Waals surface area contributed by atoms with Gasteiger partial charge in [-0.15, -0.1) is 10.2 Å². The van der Waals surface area contributed by atoms with E-state index >= 15 is 0 Å². The number of rotatable bonds is 6. The predicted molar refractivity (Wildman–Crippen MR) is 130 cm³/mol. The van der Waals surface area contributed by atoms with Crippen LogP contribution in [0.25, 0.3) is 10.6 Å². The highest BCUT2D eigenvalue weighted by molar-refractivity contribution is 7.89. The van der Waals surface area contributed by atoms with E-state index in [1.165, 1.54) is 15.6 Å². The van der Waals surface area contributed by atoms with E-state index < -0.39 is 10.0 Å². The first kappa shape index (κ1) is 23.5. The lowest BCUT2D eigenvalue weighted by Crippen LogP contribution is -2.50. The van der Waals surface area contributed by atoms with Crippen molar-refractivity contribution in [3.8, 4) is 10.6 Å². The van der Waals surface area contributed by atoms with Gasteiger partial charge in [-0.3, -0.25) is 15.0 Å². The van der Waals surface area contributed by atoms with Gasteiger partial charge in [-0.25, -0.2) is 8.42 Å². The van der Waals surface area contributed by atoms with Gasteiger partial charge in [0.15, 0.2) is 0 Å². The Morgan fingerprint density at radius 3 is 2.39 bits per heavy atom. The van der Waals surface area contributed by atoms with Gasteiger partial charge in [-0.2, -0.15) is 4.31 Å². The van der Waals surface area contributed by atoms with E-state index in [2.05, 4.69) is 15.5 Å². The van der Waals surface area contributed by atoms with Gasteiger partial charge in [-0.1, -0.05) is 41.7 Å². The third kappa shape index (κ3) is 5.30. The molecule has 2 aromatic carbocycles. The van der Waals surface area contributed by atoms with Crippen LogP contribution in [0.3, 0.4) is 0 Å². The Morgan fingerprint density at radius 1 is 0.970 bits per heavy atom. The number of nitrogens with zero attached hydrogens (tertiary/aromatic N) is 4. The molecule has 0 saturated carbocycles. The van der Waals surface area contributed by atoms with Crippen LogP contribution in [0.4, 0.5) is 5.13 Å². The number of amides is 1. The van der Waals surface area contributed by atoms with Crippen LogP contribution < -0.4 is 5.32 Å². The lowest BCUT2D eigenvalue weighted by molar-refractivity contribution is -0.117. The van der Waals surface area contributed by atoms with Crippen molar-refractivity contribution in [2.45, 2.75) is 25.7 Å². The topological polar surface area (TPSA) is 95.5 Å². The first-order valence-electron chi connectivity index (χ1n) is 10.7. The van der Waals surface area contributed by atoms with Crippen molar-refractivity contribution in [2.24, 2.45) is 0 Å². The number of nitrogens with one attached hydrogen (secondary N) is 1. The van der Waals surface area contributed by atoms with E-state index in [0.29, 0.717) is 36.2 Å². The summed E-state index contributed by atoms with van der Waals surface area (Å²) in [4.78, 5) is 14.8. The molecule has 33 heavy (non-hydrogen) atoms. The maximum atomic E-state index is 13.0. The molecule has 1 aromatic heterocycles. The van der Waals surface area contributed by atoms with Crippen molar-refractivity contribution in [1.29, 1.82) is 0 Å². The molecule has 174 valence electrons. The van der Waals surface area contributed by atoms with Crippen LogP contribution in [0, 0.1) is 20.8 Å². The van der Waals surface area contributed by atoms with Gasteiger partial charge in [0, 0.05) is 31.7 Å². The van der Waals surface area contributed by atoms with E-state index in [1.54, 1.807) is 12.1 Å². The lowest BCUT2D eigenvalue weighted by Gasteiger charge is -2.33. The third-order valence-corrected chi connectivity index (χ3v) is 8.63. The van der Waals surface area contributed by atoms with Crippen LogP contribution in [0.2, 0.25) is 0 Å². The van der Waals surface area contributed by atoms with E-state index in [4.69, 9.17) is 0 Å². The lowest BCUT2D eigenvalue weighted by atomic mass is 10.1. The Kier molecular flexibility index (Phi) is 6.89. The Labute approximate surface area is 198 Å². The molecule has 0 bridgehead atoms. The molecule has 1 aliphatic heterocycles. The van der Waals surface area contributed by atoms with Crippen molar-refractivity contribution in [1.82, 2.24) is 19.4 Å². The average Bonchev–Trinajstić information content (AvgIpc) is 3.24. The van der Waals surface area contributed by atoms with E-state index in [1.807, 2.05) is 56.0 Å². The maximum Gasteiger partial charge on any atom is 0.243 e. The number of hydrogen-bond acceptors (Lipinski definition) is 7. The molecular weight excluding hydrogens is 458 g/mol. The summed E-state index contributed by atoms with van der Waals surface area (Å²) in [6.45, 7) is 7.72. The Morgan fingerprint density at radius 2 is 1.70 bits per heavy atom. The van der Waals surface area contributed by atoms with Gasteiger partial charge in [0.2, 0.25) is 21.1 Å². The van der Waals surface area contributed by atoms with Crippen molar-refractivity contribution < 1.29 is 13.2 Å². The molecule has 1 aliphatic rings. The summed E-state index contributed by atoms with van der Waals surface area (Å²) < 4.78 is 27.4. The minimum atomic E-state index is -3.54. The van der Waals surface area contributed by atoms with Gasteiger partial charge in [0.05, 0.1) is 11.4 Å². The molecule has 0 unspecified atom stereocenters. The SMILES string of the molecule is Cc1ccc(S(=O)(=O)N2CCN(CC(=O)Nc3nnc(-c4ccccc4C)s3)CC2)cc1C. The minimum absolute atomic E-state index is 0.177. The second-order valence-corrected chi connectivity index (χ2v) is 11.1. The number of aromatic nitrogens is 2. The van der Waals surface area contributed by atoms with Crippen LogP contribution in [-0.4, -0.2) is 66.5 Å². The van der Waals surface area contributed by atoms with Crippen LogP contribution in [-0.2, 0) is 14.8 Å². The molecule has 10 heteroatoms. The fourth-order valence-corrected chi connectivity index (χ4v) is 6.07. The van der Waals surface area contributed by atoms with E-state index in [-0.39, 0.29) is 12.5 Å². The fourth-order valence-electron chi connectivity index (χ4n) is 3.71. The first-order chi connectivity index (χ1) is 15.7. The van der Waals surface area contributed by atoms with E-state index in [9.17, 15) is 13.2 Å². The summed E-state index contributed by atoms with van der Waals surface area (Å²) in [7, 11) is -3.54. The van der Waals surface area contributed by atoms with Crippen LogP contribution in [0.5, 0.6) is 0 Å². The fraction of sp³-hybridized carbons (Fsp3) is 0.348. The van der Waals surface area contributed by atoms with Crippen molar-refractivity contribution >= 4 is 32.4 Å². The summed E-state index contributed by atoms with van der Waals surface area (Å²) in [6.07, 6.45) is 0. The number of aryl methyl sites for hydroxylation is 3. The zero-order chi connectivity index (χ0) is 23.6. The second-order valence-electron chi connectivity index (χ2n) is 8.20. The van der Waals surface area contributed by atoms with Gasteiger partial charge < -0.3 is 0 Å². The Bertz CT molecular complexity index is 1260. The summed E-state index contributed by atoms with van der Waals surface area (Å²) >= 11 is 1.33. The Hall–Kier alpha value is -2.66. The van der Waals surface area contributed by atoms with Gasteiger partial charge in [-0.05, 0) is 49.6 Å². The zero-order valence-electron chi connectivity index (χ0n) is 18.9. The molecule has 8 nitrogen and oxygen atoms in total. The maximum absolute atomic E-state index is 13.0. The molecular formula is C23H27N5O3S2. The summed E-state index contributed by atoms with van der Waals surface area (Å²) in [5, 5.41) is 12.3. The van der Waals surface area contributed by atoms with Crippen molar-refractivity contribution in [3.63, 3.8) is 0 Å². The highest BCUT2D eigenvalue weighted by atomic mass is 32.2. The monoisotopic (exact) mass is 485 g/mol. The smallest absolute Gasteiger partial charge is 0.243 e. The number of carbonyl (C=O) groups excluding carboxylic acids is 1.